The van der Waals surface area contributed by atoms with Crippen molar-refractivity contribution in [3.05, 3.63) is 35.4 Å². The fourth-order valence-corrected chi connectivity index (χ4v) is 2.86. The minimum atomic E-state index is -1.22. The minimum absolute atomic E-state index is 0.189. The normalized spacial score (nSPS) is 19.0. The SMILES string of the molecule is CCCc1ccc([C@@]2(C)NC(=O)N(CC(=O)NCC(=O)N(C)C)C2=O)cc1. The lowest BCUT2D eigenvalue weighted by molar-refractivity contribution is -0.135. The molecule has 8 heteroatoms. The predicted molar refractivity (Wildman–Crippen MR) is 99.7 cm³/mol. The molecular weight excluding hydrogens is 348 g/mol. The number of urea groups is 1. The van der Waals surface area contributed by atoms with Crippen LogP contribution in [-0.4, -0.2) is 60.7 Å². The molecule has 1 aromatic carbocycles. The van der Waals surface area contributed by atoms with Gasteiger partial charge < -0.3 is 15.5 Å². The van der Waals surface area contributed by atoms with Crippen molar-refractivity contribution in [3.8, 4) is 0 Å². The topological polar surface area (TPSA) is 98.8 Å². The number of likely N-dealkylation sites (N-methyl/N-ethyl adjacent to an activating group) is 1. The Morgan fingerprint density at radius 1 is 1.19 bits per heavy atom. The largest absolute Gasteiger partial charge is 0.347 e. The van der Waals surface area contributed by atoms with Crippen molar-refractivity contribution < 1.29 is 19.2 Å². The lowest BCUT2D eigenvalue weighted by atomic mass is 9.91. The first kappa shape index (κ1) is 20.4. The van der Waals surface area contributed by atoms with Crippen molar-refractivity contribution in [1.82, 2.24) is 20.4 Å². The van der Waals surface area contributed by atoms with Crippen molar-refractivity contribution in [2.24, 2.45) is 0 Å². The lowest BCUT2D eigenvalue weighted by Gasteiger charge is -2.22. The molecule has 2 rings (SSSR count). The summed E-state index contributed by atoms with van der Waals surface area (Å²) in [7, 11) is 3.15. The van der Waals surface area contributed by atoms with E-state index in [4.69, 9.17) is 0 Å². The molecule has 1 aromatic rings. The third-order valence-corrected chi connectivity index (χ3v) is 4.58. The second kappa shape index (κ2) is 8.20. The van der Waals surface area contributed by atoms with Crippen LogP contribution in [0.5, 0.6) is 0 Å². The van der Waals surface area contributed by atoms with E-state index in [1.807, 2.05) is 24.3 Å². The van der Waals surface area contributed by atoms with E-state index in [1.165, 1.54) is 4.90 Å². The van der Waals surface area contributed by atoms with Gasteiger partial charge in [0.25, 0.3) is 5.91 Å². The highest BCUT2D eigenvalue weighted by Crippen LogP contribution is 2.29. The monoisotopic (exact) mass is 374 g/mol. The van der Waals surface area contributed by atoms with Crippen LogP contribution in [0.2, 0.25) is 0 Å². The molecule has 0 aromatic heterocycles. The summed E-state index contributed by atoms with van der Waals surface area (Å²) in [6.45, 7) is 3.08. The van der Waals surface area contributed by atoms with Crippen molar-refractivity contribution >= 4 is 23.8 Å². The number of rotatable bonds is 7. The van der Waals surface area contributed by atoms with Gasteiger partial charge in [0.2, 0.25) is 11.8 Å². The Morgan fingerprint density at radius 3 is 2.37 bits per heavy atom. The summed E-state index contributed by atoms with van der Waals surface area (Å²) in [5.74, 6) is -1.35. The van der Waals surface area contributed by atoms with Crippen LogP contribution >= 0.6 is 0 Å². The summed E-state index contributed by atoms with van der Waals surface area (Å²) in [5.41, 5.74) is 0.594. The Kier molecular flexibility index (Phi) is 6.20. The molecule has 5 amide bonds. The molecule has 1 aliphatic rings. The molecule has 0 bridgehead atoms. The maximum atomic E-state index is 12.8. The number of nitrogens with one attached hydrogen (secondary N) is 2. The third kappa shape index (κ3) is 4.45. The van der Waals surface area contributed by atoms with E-state index in [1.54, 1.807) is 21.0 Å². The third-order valence-electron chi connectivity index (χ3n) is 4.58. The predicted octanol–water partition coefficient (Wildman–Crippen LogP) is 0.611. The number of aryl methyl sites for hydroxylation is 1. The zero-order valence-electron chi connectivity index (χ0n) is 16.2. The zero-order valence-corrected chi connectivity index (χ0v) is 16.2. The zero-order chi connectivity index (χ0) is 20.2. The van der Waals surface area contributed by atoms with Gasteiger partial charge in [-0.25, -0.2) is 4.79 Å². The molecule has 27 heavy (non-hydrogen) atoms. The molecule has 1 heterocycles. The number of nitrogens with zero attached hydrogens (tertiary/aromatic N) is 2. The second-order valence-corrected chi connectivity index (χ2v) is 6.96. The molecule has 2 N–H and O–H groups in total. The number of benzene rings is 1. The number of carbonyl (C=O) groups is 4. The molecule has 0 unspecified atom stereocenters. The molecule has 0 aliphatic carbocycles. The summed E-state index contributed by atoms with van der Waals surface area (Å²) in [5, 5.41) is 5.08. The summed E-state index contributed by atoms with van der Waals surface area (Å²) < 4.78 is 0. The summed E-state index contributed by atoms with van der Waals surface area (Å²) >= 11 is 0. The Balaban J connectivity index is 2.06. The van der Waals surface area contributed by atoms with E-state index in [0.717, 1.165) is 23.3 Å². The van der Waals surface area contributed by atoms with Crippen molar-refractivity contribution in [2.45, 2.75) is 32.2 Å². The maximum Gasteiger partial charge on any atom is 0.325 e. The van der Waals surface area contributed by atoms with Crippen LogP contribution < -0.4 is 10.6 Å². The first-order chi connectivity index (χ1) is 12.7. The van der Waals surface area contributed by atoms with E-state index < -0.39 is 29.9 Å². The number of hydrogen-bond donors (Lipinski definition) is 2. The molecule has 1 fully saturated rings. The molecule has 1 saturated heterocycles. The van der Waals surface area contributed by atoms with Crippen molar-refractivity contribution in [2.75, 3.05) is 27.2 Å². The van der Waals surface area contributed by atoms with Gasteiger partial charge in [-0.05, 0) is 24.5 Å². The van der Waals surface area contributed by atoms with Crippen LogP contribution in [0, 0.1) is 0 Å². The molecule has 1 aliphatic heterocycles. The molecule has 0 radical (unpaired) electrons. The number of hydrogen-bond acceptors (Lipinski definition) is 4. The lowest BCUT2D eigenvalue weighted by Crippen LogP contribution is -2.45. The van der Waals surface area contributed by atoms with Gasteiger partial charge >= 0.3 is 6.03 Å². The van der Waals surface area contributed by atoms with E-state index in [9.17, 15) is 19.2 Å². The van der Waals surface area contributed by atoms with Crippen LogP contribution in [0.25, 0.3) is 0 Å². The van der Waals surface area contributed by atoms with E-state index >= 15 is 0 Å². The Bertz CT molecular complexity index is 745. The van der Waals surface area contributed by atoms with Crippen LogP contribution in [-0.2, 0) is 26.3 Å². The van der Waals surface area contributed by atoms with Gasteiger partial charge in [0.05, 0.1) is 6.54 Å². The molecule has 146 valence electrons. The van der Waals surface area contributed by atoms with Gasteiger partial charge in [0.1, 0.15) is 12.1 Å². The van der Waals surface area contributed by atoms with Gasteiger partial charge in [-0.2, -0.15) is 0 Å². The molecule has 0 saturated carbocycles. The first-order valence-corrected chi connectivity index (χ1v) is 8.89. The fourth-order valence-electron chi connectivity index (χ4n) is 2.86. The van der Waals surface area contributed by atoms with Gasteiger partial charge in [-0.3, -0.25) is 19.3 Å². The summed E-state index contributed by atoms with van der Waals surface area (Å²) in [6, 6.07) is 6.89. The highest BCUT2D eigenvalue weighted by atomic mass is 16.2. The quantitative estimate of drug-likeness (QED) is 0.683. The summed E-state index contributed by atoms with van der Waals surface area (Å²) in [4.78, 5) is 50.8. The maximum absolute atomic E-state index is 12.8. The average molecular weight is 374 g/mol. The van der Waals surface area contributed by atoms with Crippen LogP contribution in [0.3, 0.4) is 0 Å². The smallest absolute Gasteiger partial charge is 0.325 e. The second-order valence-electron chi connectivity index (χ2n) is 6.96. The molecule has 8 nitrogen and oxygen atoms in total. The molecular formula is C19H26N4O4. The average Bonchev–Trinajstić information content (AvgIpc) is 2.84. The number of amides is 5. The molecule has 0 spiro atoms. The van der Waals surface area contributed by atoms with Gasteiger partial charge in [0, 0.05) is 14.1 Å². The van der Waals surface area contributed by atoms with Crippen LogP contribution in [0.4, 0.5) is 4.79 Å². The van der Waals surface area contributed by atoms with Crippen molar-refractivity contribution in [3.63, 3.8) is 0 Å². The van der Waals surface area contributed by atoms with E-state index in [-0.39, 0.29) is 12.5 Å². The number of carbonyl (C=O) groups excluding carboxylic acids is 4. The Morgan fingerprint density at radius 2 is 1.81 bits per heavy atom. The van der Waals surface area contributed by atoms with Crippen LogP contribution in [0.15, 0.2) is 24.3 Å². The van der Waals surface area contributed by atoms with E-state index in [0.29, 0.717) is 5.56 Å². The molecule has 1 atom stereocenters. The van der Waals surface area contributed by atoms with E-state index in [2.05, 4.69) is 17.6 Å². The van der Waals surface area contributed by atoms with Gasteiger partial charge in [-0.1, -0.05) is 37.6 Å². The Labute approximate surface area is 158 Å². The highest BCUT2D eigenvalue weighted by molar-refractivity contribution is 6.09. The highest BCUT2D eigenvalue weighted by Gasteiger charge is 2.49. The standard InChI is InChI=1S/C19H26N4O4/c1-5-6-13-7-9-14(10-8-13)19(2)17(26)23(18(27)21-19)12-15(24)20-11-16(25)22(3)4/h7-10H,5-6,11-12H2,1-4H3,(H,20,24)(H,21,27)/t19-/m1/s1. The number of imide groups is 1. The first-order valence-electron chi connectivity index (χ1n) is 8.89. The Hall–Kier alpha value is -2.90. The van der Waals surface area contributed by atoms with Gasteiger partial charge in [-0.15, -0.1) is 0 Å². The fraction of sp³-hybridized carbons (Fsp3) is 0.474. The van der Waals surface area contributed by atoms with Crippen molar-refractivity contribution in [1.29, 1.82) is 0 Å². The summed E-state index contributed by atoms with van der Waals surface area (Å²) in [6.07, 6.45) is 1.96. The van der Waals surface area contributed by atoms with Crippen LogP contribution in [0.1, 0.15) is 31.4 Å². The minimum Gasteiger partial charge on any atom is -0.347 e. The van der Waals surface area contributed by atoms with Gasteiger partial charge in [0.15, 0.2) is 0 Å².